The fourth-order valence-electron chi connectivity index (χ4n) is 1.99. The molecule has 4 nitrogen and oxygen atoms in total. The normalized spacial score (nSPS) is 10.8. The van der Waals surface area contributed by atoms with Gasteiger partial charge in [0, 0.05) is 26.4 Å². The fourth-order valence-corrected chi connectivity index (χ4v) is 2.53. The summed E-state index contributed by atoms with van der Waals surface area (Å²) in [7, 11) is 0. The standard InChI is InChI=1S/C14H11IN4/c1-8-11-5-6-17-13(16)12(11)19-14(18-8)9-3-2-4-10(15)7-9/h2-7H,1H3,(H2,16,17). The second kappa shape index (κ2) is 4.73. The summed E-state index contributed by atoms with van der Waals surface area (Å²) in [5.74, 6) is 1.12. The first-order chi connectivity index (χ1) is 9.15. The van der Waals surface area contributed by atoms with Crippen LogP contribution in [-0.4, -0.2) is 15.0 Å². The van der Waals surface area contributed by atoms with Crippen LogP contribution in [0.2, 0.25) is 0 Å². The molecule has 94 valence electrons. The van der Waals surface area contributed by atoms with Crippen molar-refractivity contribution in [2.24, 2.45) is 0 Å². The summed E-state index contributed by atoms with van der Waals surface area (Å²) in [6, 6.07) is 9.96. The Morgan fingerprint density at radius 3 is 2.79 bits per heavy atom. The Kier molecular flexibility index (Phi) is 3.06. The number of pyridine rings is 1. The number of hydrogen-bond acceptors (Lipinski definition) is 4. The van der Waals surface area contributed by atoms with Gasteiger partial charge in [-0.15, -0.1) is 0 Å². The minimum absolute atomic E-state index is 0.440. The third-order valence-electron chi connectivity index (χ3n) is 2.92. The number of benzene rings is 1. The van der Waals surface area contributed by atoms with Crippen molar-refractivity contribution < 1.29 is 0 Å². The highest BCUT2D eigenvalue weighted by molar-refractivity contribution is 14.1. The number of aryl methyl sites for hydroxylation is 1. The Labute approximate surface area is 124 Å². The smallest absolute Gasteiger partial charge is 0.160 e. The van der Waals surface area contributed by atoms with E-state index in [-0.39, 0.29) is 0 Å². The number of aromatic nitrogens is 3. The molecule has 1 aromatic carbocycles. The van der Waals surface area contributed by atoms with E-state index in [9.17, 15) is 0 Å². The number of nitrogens with zero attached hydrogens (tertiary/aromatic N) is 3. The van der Waals surface area contributed by atoms with Gasteiger partial charge in [-0.1, -0.05) is 12.1 Å². The van der Waals surface area contributed by atoms with Gasteiger partial charge in [-0.3, -0.25) is 0 Å². The Bertz CT molecular complexity index is 770. The highest BCUT2D eigenvalue weighted by atomic mass is 127. The van der Waals surface area contributed by atoms with Gasteiger partial charge in [-0.25, -0.2) is 15.0 Å². The second-order valence-electron chi connectivity index (χ2n) is 4.24. The van der Waals surface area contributed by atoms with Gasteiger partial charge in [-0.2, -0.15) is 0 Å². The lowest BCUT2D eigenvalue weighted by molar-refractivity contribution is 1.15. The molecule has 0 saturated carbocycles. The molecule has 19 heavy (non-hydrogen) atoms. The van der Waals surface area contributed by atoms with E-state index < -0.39 is 0 Å². The van der Waals surface area contributed by atoms with Crippen molar-refractivity contribution in [3.8, 4) is 11.4 Å². The zero-order chi connectivity index (χ0) is 13.4. The number of nitrogen functional groups attached to an aromatic ring is 1. The third kappa shape index (κ3) is 2.25. The van der Waals surface area contributed by atoms with Crippen molar-refractivity contribution in [3.05, 3.63) is 45.8 Å². The number of halogens is 1. The van der Waals surface area contributed by atoms with Gasteiger partial charge in [-0.05, 0) is 47.7 Å². The van der Waals surface area contributed by atoms with E-state index in [1.807, 2.05) is 37.3 Å². The first kappa shape index (κ1) is 12.3. The summed E-state index contributed by atoms with van der Waals surface area (Å²) in [6.07, 6.45) is 1.68. The van der Waals surface area contributed by atoms with Gasteiger partial charge >= 0.3 is 0 Å². The van der Waals surface area contributed by atoms with Crippen LogP contribution in [0, 0.1) is 10.5 Å². The van der Waals surface area contributed by atoms with Crippen LogP contribution < -0.4 is 5.73 Å². The van der Waals surface area contributed by atoms with Crippen LogP contribution in [0.5, 0.6) is 0 Å². The maximum absolute atomic E-state index is 5.90. The Balaban J connectivity index is 2.29. The maximum Gasteiger partial charge on any atom is 0.160 e. The van der Waals surface area contributed by atoms with Crippen molar-refractivity contribution in [3.63, 3.8) is 0 Å². The molecule has 2 aromatic heterocycles. The molecule has 0 radical (unpaired) electrons. The number of rotatable bonds is 1. The molecular formula is C14H11IN4. The van der Waals surface area contributed by atoms with E-state index >= 15 is 0 Å². The molecule has 0 aliphatic heterocycles. The average Bonchev–Trinajstić information content (AvgIpc) is 2.40. The summed E-state index contributed by atoms with van der Waals surface area (Å²) < 4.78 is 1.15. The summed E-state index contributed by atoms with van der Waals surface area (Å²) in [5.41, 5.74) is 8.51. The molecule has 0 aliphatic carbocycles. The Hall–Kier alpha value is -1.76. The van der Waals surface area contributed by atoms with Gasteiger partial charge in [0.1, 0.15) is 11.3 Å². The van der Waals surface area contributed by atoms with Crippen molar-refractivity contribution in [2.45, 2.75) is 6.92 Å². The molecular weight excluding hydrogens is 351 g/mol. The molecule has 0 amide bonds. The lowest BCUT2D eigenvalue weighted by Crippen LogP contribution is -1.99. The first-order valence-electron chi connectivity index (χ1n) is 5.80. The molecule has 2 heterocycles. The van der Waals surface area contributed by atoms with Crippen LogP contribution in [0.1, 0.15) is 5.69 Å². The fraction of sp³-hybridized carbons (Fsp3) is 0.0714. The molecule has 0 unspecified atom stereocenters. The summed E-state index contributed by atoms with van der Waals surface area (Å²) >= 11 is 2.27. The zero-order valence-corrected chi connectivity index (χ0v) is 12.4. The van der Waals surface area contributed by atoms with Gasteiger partial charge in [0.2, 0.25) is 0 Å². The number of hydrogen-bond donors (Lipinski definition) is 1. The number of anilines is 1. The molecule has 2 N–H and O–H groups in total. The zero-order valence-electron chi connectivity index (χ0n) is 10.3. The van der Waals surface area contributed by atoms with Crippen LogP contribution in [0.4, 0.5) is 5.82 Å². The molecule has 0 fully saturated rings. The summed E-state index contributed by atoms with van der Waals surface area (Å²) in [4.78, 5) is 13.2. The Morgan fingerprint density at radius 1 is 1.16 bits per heavy atom. The highest BCUT2D eigenvalue weighted by Gasteiger charge is 2.09. The highest BCUT2D eigenvalue weighted by Crippen LogP contribution is 2.24. The predicted octanol–water partition coefficient (Wildman–Crippen LogP) is 3.19. The van der Waals surface area contributed by atoms with Crippen molar-refractivity contribution in [1.82, 2.24) is 15.0 Å². The monoisotopic (exact) mass is 362 g/mol. The van der Waals surface area contributed by atoms with Crippen molar-refractivity contribution >= 4 is 39.3 Å². The molecule has 5 heteroatoms. The van der Waals surface area contributed by atoms with Gasteiger partial charge in [0.15, 0.2) is 5.82 Å². The van der Waals surface area contributed by atoms with Gasteiger partial charge < -0.3 is 5.73 Å². The van der Waals surface area contributed by atoms with E-state index in [4.69, 9.17) is 5.73 Å². The van der Waals surface area contributed by atoms with E-state index in [0.29, 0.717) is 17.2 Å². The molecule has 3 rings (SSSR count). The van der Waals surface area contributed by atoms with Crippen LogP contribution in [-0.2, 0) is 0 Å². The second-order valence-corrected chi connectivity index (χ2v) is 5.48. The van der Waals surface area contributed by atoms with Crippen LogP contribution in [0.25, 0.3) is 22.3 Å². The molecule has 3 aromatic rings. The largest absolute Gasteiger partial charge is 0.382 e. The first-order valence-corrected chi connectivity index (χ1v) is 6.88. The SMILES string of the molecule is Cc1nc(-c2cccc(I)c2)nc2c(N)nccc12. The molecule has 0 atom stereocenters. The number of fused-ring (bicyclic) bond motifs is 1. The van der Waals surface area contributed by atoms with Crippen LogP contribution >= 0.6 is 22.6 Å². The number of nitrogens with two attached hydrogens (primary N) is 1. The minimum Gasteiger partial charge on any atom is -0.382 e. The van der Waals surface area contributed by atoms with E-state index in [1.54, 1.807) is 6.20 Å². The predicted molar refractivity (Wildman–Crippen MR) is 84.6 cm³/mol. The van der Waals surface area contributed by atoms with Crippen molar-refractivity contribution in [1.29, 1.82) is 0 Å². The van der Waals surface area contributed by atoms with E-state index in [2.05, 4.69) is 37.5 Å². The average molecular weight is 362 g/mol. The molecule has 0 bridgehead atoms. The molecule has 0 saturated heterocycles. The molecule has 0 aliphatic rings. The van der Waals surface area contributed by atoms with Gasteiger partial charge in [0.25, 0.3) is 0 Å². The van der Waals surface area contributed by atoms with E-state index in [1.165, 1.54) is 0 Å². The Morgan fingerprint density at radius 2 is 2.00 bits per heavy atom. The summed E-state index contributed by atoms with van der Waals surface area (Å²) in [6.45, 7) is 1.96. The minimum atomic E-state index is 0.440. The van der Waals surface area contributed by atoms with Gasteiger partial charge in [0.05, 0.1) is 0 Å². The third-order valence-corrected chi connectivity index (χ3v) is 3.59. The van der Waals surface area contributed by atoms with Crippen molar-refractivity contribution in [2.75, 3.05) is 5.73 Å². The maximum atomic E-state index is 5.90. The summed E-state index contributed by atoms with van der Waals surface area (Å²) in [5, 5.41) is 0.946. The topological polar surface area (TPSA) is 64.7 Å². The van der Waals surface area contributed by atoms with Crippen LogP contribution in [0.15, 0.2) is 36.5 Å². The lowest BCUT2D eigenvalue weighted by Gasteiger charge is -2.07. The lowest BCUT2D eigenvalue weighted by atomic mass is 10.2. The molecule has 0 spiro atoms. The van der Waals surface area contributed by atoms with E-state index in [0.717, 1.165) is 20.2 Å². The van der Waals surface area contributed by atoms with Crippen LogP contribution in [0.3, 0.4) is 0 Å². The quantitative estimate of drug-likeness (QED) is 0.676.